The first-order valence-corrected chi connectivity index (χ1v) is 7.21. The number of nitrogens with one attached hydrogen (secondary N) is 1. The molecule has 1 unspecified atom stereocenters. The largest absolute Gasteiger partial charge is 0.304 e. The van der Waals surface area contributed by atoms with Crippen molar-refractivity contribution in [2.75, 3.05) is 19.6 Å². The Morgan fingerprint density at radius 3 is 2.26 bits per heavy atom. The molecule has 0 aromatic rings. The molecule has 5 nitrogen and oxygen atoms in total. The first-order valence-electron chi connectivity index (χ1n) is 7.21. The topological polar surface area (TPSA) is 52.7 Å². The van der Waals surface area contributed by atoms with Crippen molar-refractivity contribution in [3.63, 3.8) is 0 Å². The van der Waals surface area contributed by atoms with Crippen LogP contribution in [0.25, 0.3) is 0 Å². The highest BCUT2D eigenvalue weighted by atomic mass is 16.2. The van der Waals surface area contributed by atoms with E-state index in [1.165, 1.54) is 4.90 Å². The van der Waals surface area contributed by atoms with Crippen LogP contribution in [0.5, 0.6) is 0 Å². The van der Waals surface area contributed by atoms with Gasteiger partial charge in [0.25, 0.3) is 0 Å². The molecule has 1 heterocycles. The molecule has 0 spiro atoms. The number of carbonyl (C=O) groups is 2. The van der Waals surface area contributed by atoms with Crippen molar-refractivity contribution in [1.29, 1.82) is 0 Å². The number of hydrogen-bond acceptors (Lipinski definition) is 4. The van der Waals surface area contributed by atoms with Crippen LogP contribution in [0.4, 0.5) is 0 Å². The van der Waals surface area contributed by atoms with Crippen LogP contribution < -0.4 is 5.32 Å². The lowest BCUT2D eigenvalue weighted by atomic mass is 10.2. The van der Waals surface area contributed by atoms with E-state index in [2.05, 4.69) is 37.9 Å². The number of carbonyl (C=O) groups excluding carboxylic acids is 2. The fourth-order valence-electron chi connectivity index (χ4n) is 2.66. The summed E-state index contributed by atoms with van der Waals surface area (Å²) in [6, 6.07) is 0.637. The average molecular weight is 269 g/mol. The fourth-order valence-corrected chi connectivity index (χ4v) is 2.66. The average Bonchev–Trinajstić information content (AvgIpc) is 2.58. The Hall–Kier alpha value is -0.940. The van der Waals surface area contributed by atoms with Gasteiger partial charge in [-0.3, -0.25) is 19.4 Å². The minimum atomic E-state index is -0.325. The summed E-state index contributed by atoms with van der Waals surface area (Å²) in [6.07, 6.45) is 0.302. The Bertz CT molecular complexity index is 321. The van der Waals surface area contributed by atoms with Gasteiger partial charge in [0.2, 0.25) is 11.8 Å². The summed E-state index contributed by atoms with van der Waals surface area (Å²) in [5.41, 5.74) is 0. The van der Waals surface area contributed by atoms with Crippen molar-refractivity contribution in [2.24, 2.45) is 0 Å². The highest BCUT2D eigenvalue weighted by Crippen LogP contribution is 2.12. The van der Waals surface area contributed by atoms with E-state index in [1.54, 1.807) is 0 Å². The Balaban J connectivity index is 2.42. The van der Waals surface area contributed by atoms with Crippen molar-refractivity contribution in [2.45, 2.75) is 59.2 Å². The summed E-state index contributed by atoms with van der Waals surface area (Å²) in [5.74, 6) is -0.136. The molecule has 19 heavy (non-hydrogen) atoms. The Morgan fingerprint density at radius 2 is 1.84 bits per heavy atom. The van der Waals surface area contributed by atoms with Gasteiger partial charge in [0, 0.05) is 31.7 Å². The lowest BCUT2D eigenvalue weighted by molar-refractivity contribution is -0.138. The number of rotatable bonds is 7. The Kier molecular flexibility index (Phi) is 5.94. The Labute approximate surface area is 116 Å². The second-order valence-corrected chi connectivity index (χ2v) is 5.61. The number of hydrogen-bond donors (Lipinski definition) is 1. The van der Waals surface area contributed by atoms with E-state index >= 15 is 0 Å². The maximum absolute atomic E-state index is 11.9. The molecule has 0 radical (unpaired) electrons. The normalized spacial score (nSPS) is 20.4. The molecular formula is C14H27N3O2. The number of nitrogens with zero attached hydrogens (tertiary/aromatic N) is 2. The van der Waals surface area contributed by atoms with Gasteiger partial charge in [-0.25, -0.2) is 0 Å². The van der Waals surface area contributed by atoms with E-state index in [1.807, 2.05) is 6.92 Å². The smallest absolute Gasteiger partial charge is 0.246 e. The van der Waals surface area contributed by atoms with Crippen LogP contribution in [0.1, 0.15) is 41.0 Å². The van der Waals surface area contributed by atoms with Gasteiger partial charge in [-0.1, -0.05) is 0 Å². The second-order valence-electron chi connectivity index (χ2n) is 5.61. The maximum atomic E-state index is 11.9. The van der Waals surface area contributed by atoms with E-state index < -0.39 is 0 Å². The maximum Gasteiger partial charge on any atom is 0.246 e. The van der Waals surface area contributed by atoms with E-state index in [9.17, 15) is 9.59 Å². The molecule has 1 atom stereocenters. The van der Waals surface area contributed by atoms with Crippen molar-refractivity contribution in [1.82, 2.24) is 15.1 Å². The number of imide groups is 1. The third-order valence-electron chi connectivity index (χ3n) is 3.65. The van der Waals surface area contributed by atoms with Crippen molar-refractivity contribution >= 4 is 11.8 Å². The third-order valence-corrected chi connectivity index (χ3v) is 3.65. The zero-order chi connectivity index (χ0) is 14.6. The van der Waals surface area contributed by atoms with Crippen LogP contribution in [0.15, 0.2) is 0 Å². The third kappa shape index (κ3) is 4.01. The monoisotopic (exact) mass is 269 g/mol. The van der Waals surface area contributed by atoms with Gasteiger partial charge in [-0.2, -0.15) is 0 Å². The zero-order valence-electron chi connectivity index (χ0n) is 12.8. The predicted molar refractivity (Wildman–Crippen MR) is 75.8 cm³/mol. The highest BCUT2D eigenvalue weighted by molar-refractivity contribution is 6.05. The summed E-state index contributed by atoms with van der Waals surface area (Å²) in [6.45, 7) is 12.6. The number of likely N-dealkylation sites (N-methyl/N-ethyl adjacent to an activating group) is 1. The number of likely N-dealkylation sites (tertiary alicyclic amines) is 1. The number of amides is 2. The highest BCUT2D eigenvalue weighted by Gasteiger charge is 2.36. The summed E-state index contributed by atoms with van der Waals surface area (Å²) in [5, 5.41) is 3.21. The van der Waals surface area contributed by atoms with Crippen LogP contribution in [0.2, 0.25) is 0 Å². The molecule has 5 heteroatoms. The van der Waals surface area contributed by atoms with Crippen LogP contribution in [0, 0.1) is 0 Å². The van der Waals surface area contributed by atoms with E-state index in [0.29, 0.717) is 25.0 Å². The summed E-state index contributed by atoms with van der Waals surface area (Å²) >= 11 is 0. The standard InChI is InChI=1S/C14H27N3O2/c1-6-16-13(18)9-12(14(16)19)15-7-8-17(10(2)3)11(4)5/h10-12,15H,6-9H2,1-5H3. The SMILES string of the molecule is CCN1C(=O)CC(NCCN(C(C)C)C(C)C)C1=O. The zero-order valence-corrected chi connectivity index (χ0v) is 12.8. The predicted octanol–water partition coefficient (Wildman–Crippen LogP) is 0.842. The van der Waals surface area contributed by atoms with Gasteiger partial charge in [-0.05, 0) is 34.6 Å². The van der Waals surface area contributed by atoms with Crippen LogP contribution >= 0.6 is 0 Å². The molecule has 1 saturated heterocycles. The van der Waals surface area contributed by atoms with Gasteiger partial charge >= 0.3 is 0 Å². The minimum Gasteiger partial charge on any atom is -0.304 e. The molecule has 0 aliphatic carbocycles. The summed E-state index contributed by atoms with van der Waals surface area (Å²) < 4.78 is 0. The van der Waals surface area contributed by atoms with Gasteiger partial charge < -0.3 is 5.32 Å². The van der Waals surface area contributed by atoms with Gasteiger partial charge in [0.1, 0.15) is 0 Å². The van der Waals surface area contributed by atoms with Gasteiger partial charge in [0.15, 0.2) is 0 Å². The Morgan fingerprint density at radius 1 is 1.26 bits per heavy atom. The van der Waals surface area contributed by atoms with Crippen molar-refractivity contribution < 1.29 is 9.59 Å². The first-order chi connectivity index (χ1) is 8.88. The molecule has 1 aliphatic rings. The molecule has 1 fully saturated rings. The molecule has 2 amide bonds. The molecule has 0 aromatic carbocycles. The molecule has 1 aliphatic heterocycles. The van der Waals surface area contributed by atoms with Crippen LogP contribution in [-0.4, -0.2) is 59.4 Å². The minimum absolute atomic E-state index is 0.0606. The molecular weight excluding hydrogens is 242 g/mol. The van der Waals surface area contributed by atoms with Crippen molar-refractivity contribution in [3.8, 4) is 0 Å². The molecule has 1 N–H and O–H groups in total. The lowest BCUT2D eigenvalue weighted by Crippen LogP contribution is -2.45. The summed E-state index contributed by atoms with van der Waals surface area (Å²) in [7, 11) is 0. The first kappa shape index (κ1) is 16.1. The van der Waals surface area contributed by atoms with E-state index in [-0.39, 0.29) is 17.9 Å². The molecule has 0 saturated carbocycles. The second kappa shape index (κ2) is 7.01. The molecule has 0 aromatic heterocycles. The lowest BCUT2D eigenvalue weighted by Gasteiger charge is -2.30. The summed E-state index contributed by atoms with van der Waals surface area (Å²) in [4.78, 5) is 27.2. The fraction of sp³-hybridized carbons (Fsp3) is 0.857. The van der Waals surface area contributed by atoms with E-state index in [0.717, 1.165) is 13.1 Å². The van der Waals surface area contributed by atoms with Crippen molar-refractivity contribution in [3.05, 3.63) is 0 Å². The molecule has 1 rings (SSSR count). The van der Waals surface area contributed by atoms with Gasteiger partial charge in [0.05, 0.1) is 12.5 Å². The van der Waals surface area contributed by atoms with Crippen LogP contribution in [0.3, 0.4) is 0 Å². The quantitative estimate of drug-likeness (QED) is 0.696. The molecule has 110 valence electrons. The van der Waals surface area contributed by atoms with Crippen LogP contribution in [-0.2, 0) is 9.59 Å². The van der Waals surface area contributed by atoms with E-state index in [4.69, 9.17) is 0 Å². The molecule has 0 bridgehead atoms. The van der Waals surface area contributed by atoms with Gasteiger partial charge in [-0.15, -0.1) is 0 Å².